The topological polar surface area (TPSA) is 72.6 Å². The summed E-state index contributed by atoms with van der Waals surface area (Å²) >= 11 is 3.36. The van der Waals surface area contributed by atoms with Gasteiger partial charge in [0.05, 0.1) is 12.7 Å². The lowest BCUT2D eigenvalue weighted by Crippen LogP contribution is -2.54. The SMILES string of the molecule is COc1ccc(Br)cc1C(=O)CCC(=O)N1CCC(N)C(C)(C)C1. The number of carbonyl (C=O) groups is 2. The Morgan fingerprint density at radius 3 is 2.71 bits per heavy atom. The molecule has 0 aromatic heterocycles. The minimum absolute atomic E-state index is 0.0114. The summed E-state index contributed by atoms with van der Waals surface area (Å²) in [6.07, 6.45) is 1.18. The van der Waals surface area contributed by atoms with Crippen molar-refractivity contribution >= 4 is 27.6 Å². The molecule has 1 aromatic carbocycles. The van der Waals surface area contributed by atoms with Gasteiger partial charge in [-0.15, -0.1) is 0 Å². The Bertz CT molecular complexity index is 631. The molecule has 1 heterocycles. The molecule has 2 rings (SSSR count). The summed E-state index contributed by atoms with van der Waals surface area (Å²) in [5.41, 5.74) is 6.52. The van der Waals surface area contributed by atoms with E-state index >= 15 is 0 Å². The number of halogens is 1. The van der Waals surface area contributed by atoms with Crippen LogP contribution in [0.2, 0.25) is 0 Å². The minimum atomic E-state index is -0.0918. The largest absolute Gasteiger partial charge is 0.496 e. The molecule has 0 bridgehead atoms. The Morgan fingerprint density at radius 2 is 2.08 bits per heavy atom. The van der Waals surface area contributed by atoms with Crippen LogP contribution >= 0.6 is 15.9 Å². The van der Waals surface area contributed by atoms with Crippen LogP contribution in [-0.4, -0.2) is 42.8 Å². The Balaban J connectivity index is 1.97. The zero-order chi connectivity index (χ0) is 17.9. The number of carbonyl (C=O) groups excluding carboxylic acids is 2. The first kappa shape index (κ1) is 18.9. The van der Waals surface area contributed by atoms with Gasteiger partial charge in [0.15, 0.2) is 5.78 Å². The fourth-order valence-corrected chi connectivity index (χ4v) is 3.36. The van der Waals surface area contributed by atoms with Crippen molar-refractivity contribution in [1.29, 1.82) is 0 Å². The molecule has 1 saturated heterocycles. The normalized spacial score (nSPS) is 19.9. The highest BCUT2D eigenvalue weighted by molar-refractivity contribution is 9.10. The minimum Gasteiger partial charge on any atom is -0.496 e. The van der Waals surface area contributed by atoms with E-state index in [0.29, 0.717) is 24.4 Å². The second kappa shape index (κ2) is 7.66. The fourth-order valence-electron chi connectivity index (χ4n) is 3.00. The van der Waals surface area contributed by atoms with Gasteiger partial charge in [0.2, 0.25) is 5.91 Å². The van der Waals surface area contributed by atoms with Gasteiger partial charge in [-0.3, -0.25) is 9.59 Å². The number of rotatable bonds is 5. The molecular weight excluding hydrogens is 372 g/mol. The van der Waals surface area contributed by atoms with E-state index in [1.165, 1.54) is 7.11 Å². The van der Waals surface area contributed by atoms with E-state index in [0.717, 1.165) is 10.9 Å². The predicted octanol–water partition coefficient (Wildman–Crippen LogP) is 3.01. The van der Waals surface area contributed by atoms with Gasteiger partial charge >= 0.3 is 0 Å². The number of benzene rings is 1. The number of ketones is 1. The molecule has 6 heteroatoms. The second-order valence-corrected chi connectivity index (χ2v) is 7.88. The molecule has 24 heavy (non-hydrogen) atoms. The number of piperidine rings is 1. The van der Waals surface area contributed by atoms with Gasteiger partial charge in [-0.05, 0) is 30.0 Å². The summed E-state index contributed by atoms with van der Waals surface area (Å²) < 4.78 is 6.04. The van der Waals surface area contributed by atoms with Gasteiger partial charge in [0, 0.05) is 36.4 Å². The van der Waals surface area contributed by atoms with Gasteiger partial charge in [0.1, 0.15) is 5.75 Å². The number of nitrogens with two attached hydrogens (primary N) is 1. The van der Waals surface area contributed by atoms with Gasteiger partial charge < -0.3 is 15.4 Å². The van der Waals surface area contributed by atoms with E-state index in [1.807, 2.05) is 11.0 Å². The molecule has 1 atom stereocenters. The van der Waals surface area contributed by atoms with Crippen molar-refractivity contribution in [2.45, 2.75) is 39.2 Å². The lowest BCUT2D eigenvalue weighted by molar-refractivity contribution is -0.134. The lowest BCUT2D eigenvalue weighted by Gasteiger charge is -2.42. The molecule has 0 radical (unpaired) electrons. The summed E-state index contributed by atoms with van der Waals surface area (Å²) in [6, 6.07) is 5.40. The van der Waals surface area contributed by atoms with E-state index in [4.69, 9.17) is 10.5 Å². The van der Waals surface area contributed by atoms with E-state index < -0.39 is 0 Å². The molecule has 1 fully saturated rings. The third-order valence-corrected chi connectivity index (χ3v) is 5.19. The number of ether oxygens (including phenoxy) is 1. The molecule has 132 valence electrons. The molecule has 1 aliphatic rings. The standard InChI is InChI=1S/C18H25BrN2O3/c1-18(2)11-21(9-8-16(18)20)17(23)7-5-14(22)13-10-12(19)4-6-15(13)24-3/h4,6,10,16H,5,7-9,11,20H2,1-3H3. The molecule has 1 amide bonds. The van der Waals surface area contributed by atoms with E-state index in [2.05, 4.69) is 29.8 Å². The number of hydrogen-bond donors (Lipinski definition) is 1. The summed E-state index contributed by atoms with van der Waals surface area (Å²) in [5.74, 6) is 0.451. The maximum atomic E-state index is 12.5. The van der Waals surface area contributed by atoms with Crippen molar-refractivity contribution in [2.75, 3.05) is 20.2 Å². The lowest BCUT2D eigenvalue weighted by atomic mass is 9.79. The van der Waals surface area contributed by atoms with Crippen LogP contribution in [0.3, 0.4) is 0 Å². The van der Waals surface area contributed by atoms with Gasteiger partial charge in [0.25, 0.3) is 0 Å². The first-order chi connectivity index (χ1) is 11.2. The number of hydrogen-bond acceptors (Lipinski definition) is 4. The van der Waals surface area contributed by atoms with Crippen molar-refractivity contribution in [3.63, 3.8) is 0 Å². The van der Waals surface area contributed by atoms with Crippen molar-refractivity contribution in [3.8, 4) is 5.75 Å². The van der Waals surface area contributed by atoms with Crippen LogP contribution in [0, 0.1) is 5.41 Å². The number of amides is 1. The van der Waals surface area contributed by atoms with Crippen LogP contribution in [0.5, 0.6) is 5.75 Å². The number of nitrogens with zero attached hydrogens (tertiary/aromatic N) is 1. The Morgan fingerprint density at radius 1 is 1.38 bits per heavy atom. The van der Waals surface area contributed by atoms with Crippen LogP contribution in [-0.2, 0) is 4.79 Å². The molecule has 1 aliphatic heterocycles. The average Bonchev–Trinajstić information content (AvgIpc) is 2.54. The maximum absolute atomic E-state index is 12.5. The van der Waals surface area contributed by atoms with Crippen LogP contribution in [0.25, 0.3) is 0 Å². The van der Waals surface area contributed by atoms with Gasteiger partial charge in [-0.2, -0.15) is 0 Å². The average molecular weight is 397 g/mol. The van der Waals surface area contributed by atoms with Crippen LogP contribution in [0.15, 0.2) is 22.7 Å². The third kappa shape index (κ3) is 4.36. The van der Waals surface area contributed by atoms with Gasteiger partial charge in [-0.1, -0.05) is 29.8 Å². The Hall–Kier alpha value is -1.40. The molecule has 0 aliphatic carbocycles. The highest BCUT2D eigenvalue weighted by Gasteiger charge is 2.35. The summed E-state index contributed by atoms with van der Waals surface area (Å²) in [6.45, 7) is 5.46. The highest BCUT2D eigenvalue weighted by Crippen LogP contribution is 2.29. The maximum Gasteiger partial charge on any atom is 0.223 e. The quantitative estimate of drug-likeness (QED) is 0.776. The second-order valence-electron chi connectivity index (χ2n) is 6.97. The van der Waals surface area contributed by atoms with Gasteiger partial charge in [-0.25, -0.2) is 0 Å². The number of methoxy groups -OCH3 is 1. The predicted molar refractivity (Wildman–Crippen MR) is 97.2 cm³/mol. The highest BCUT2D eigenvalue weighted by atomic mass is 79.9. The summed E-state index contributed by atoms with van der Waals surface area (Å²) in [4.78, 5) is 26.7. The zero-order valence-electron chi connectivity index (χ0n) is 14.5. The molecular formula is C18H25BrN2O3. The van der Waals surface area contributed by atoms with E-state index in [1.54, 1.807) is 12.1 Å². The van der Waals surface area contributed by atoms with Crippen LogP contribution < -0.4 is 10.5 Å². The van der Waals surface area contributed by atoms with Crippen molar-refractivity contribution in [3.05, 3.63) is 28.2 Å². The van der Waals surface area contributed by atoms with Crippen LogP contribution in [0.4, 0.5) is 0 Å². The Labute approximate surface area is 151 Å². The first-order valence-corrected chi connectivity index (χ1v) is 8.94. The summed E-state index contributed by atoms with van der Waals surface area (Å²) in [7, 11) is 1.53. The first-order valence-electron chi connectivity index (χ1n) is 8.14. The summed E-state index contributed by atoms with van der Waals surface area (Å²) in [5, 5.41) is 0. The molecule has 1 unspecified atom stereocenters. The molecule has 0 spiro atoms. The molecule has 5 nitrogen and oxygen atoms in total. The molecule has 0 saturated carbocycles. The van der Waals surface area contributed by atoms with Crippen LogP contribution in [0.1, 0.15) is 43.5 Å². The third-order valence-electron chi connectivity index (χ3n) is 4.69. The smallest absolute Gasteiger partial charge is 0.223 e. The van der Waals surface area contributed by atoms with Crippen molar-refractivity contribution in [2.24, 2.45) is 11.1 Å². The van der Waals surface area contributed by atoms with Crippen molar-refractivity contribution in [1.82, 2.24) is 4.90 Å². The molecule has 1 aromatic rings. The monoisotopic (exact) mass is 396 g/mol. The fraction of sp³-hybridized carbons (Fsp3) is 0.556. The van der Waals surface area contributed by atoms with Crippen molar-refractivity contribution < 1.29 is 14.3 Å². The number of Topliss-reactive ketones (excluding diaryl/α,β-unsaturated/α-hetero) is 1. The molecule has 2 N–H and O–H groups in total. The van der Waals surface area contributed by atoms with E-state index in [-0.39, 0.29) is 36.0 Å². The zero-order valence-corrected chi connectivity index (χ0v) is 16.1. The van der Waals surface area contributed by atoms with E-state index in [9.17, 15) is 9.59 Å². The number of likely N-dealkylation sites (tertiary alicyclic amines) is 1. The Kier molecular flexibility index (Phi) is 6.04.